The smallest absolute Gasteiger partial charge is 0.244 e. The third-order valence-electron chi connectivity index (χ3n) is 7.29. The quantitative estimate of drug-likeness (QED) is 0.263. The highest BCUT2D eigenvalue weighted by Gasteiger charge is 2.32. The largest absolute Gasteiger partial charge is 0.457 e. The van der Waals surface area contributed by atoms with E-state index in [-0.39, 0.29) is 24.2 Å². The Morgan fingerprint density at radius 2 is 1.50 bits per heavy atom. The van der Waals surface area contributed by atoms with Crippen molar-refractivity contribution in [1.82, 2.24) is 10.2 Å². The lowest BCUT2D eigenvalue weighted by Crippen LogP contribution is -2.53. The summed E-state index contributed by atoms with van der Waals surface area (Å²) in [5, 5.41) is 3.75. The number of rotatable bonds is 11. The molecule has 0 heterocycles. The Hall–Kier alpha value is -3.27. The second-order valence-electron chi connectivity index (χ2n) is 10.4. The molecule has 0 spiro atoms. The van der Waals surface area contributed by atoms with Gasteiger partial charge in [-0.2, -0.15) is 0 Å². The monoisotopic (exact) mass is 631 g/mol. The van der Waals surface area contributed by atoms with E-state index in [2.05, 4.69) is 5.32 Å². The minimum absolute atomic E-state index is 0.0405. The van der Waals surface area contributed by atoms with Crippen LogP contribution in [0.1, 0.15) is 44.6 Å². The summed E-state index contributed by atoms with van der Waals surface area (Å²) in [5.41, 5.74) is 0.751. The molecule has 0 radical (unpaired) electrons. The molecule has 1 aliphatic carbocycles. The van der Waals surface area contributed by atoms with Crippen LogP contribution in [0.5, 0.6) is 11.5 Å². The fourth-order valence-electron chi connectivity index (χ4n) is 4.92. The van der Waals surface area contributed by atoms with Gasteiger partial charge in [0.1, 0.15) is 24.1 Å². The van der Waals surface area contributed by atoms with Gasteiger partial charge in [-0.15, -0.1) is 0 Å². The molecule has 1 aliphatic rings. The van der Waals surface area contributed by atoms with Crippen molar-refractivity contribution in [1.29, 1.82) is 0 Å². The molecule has 2 amide bonds. The van der Waals surface area contributed by atoms with Gasteiger partial charge in [0.2, 0.25) is 21.8 Å². The van der Waals surface area contributed by atoms with Crippen LogP contribution >= 0.6 is 23.2 Å². The lowest BCUT2D eigenvalue weighted by molar-refractivity contribution is -0.139. The number of ether oxygens (including phenoxy) is 1. The maximum absolute atomic E-state index is 13.9. The lowest BCUT2D eigenvalue weighted by atomic mass is 9.95. The number of hydrogen-bond acceptors (Lipinski definition) is 5. The molecule has 0 aromatic heterocycles. The molecule has 42 heavy (non-hydrogen) atoms. The molecule has 3 aromatic rings. The molecule has 4 rings (SSSR count). The molecule has 1 fully saturated rings. The maximum Gasteiger partial charge on any atom is 0.244 e. The number of amides is 2. The first-order valence-corrected chi connectivity index (χ1v) is 16.5. The highest BCUT2D eigenvalue weighted by molar-refractivity contribution is 7.92. The summed E-state index contributed by atoms with van der Waals surface area (Å²) in [6.45, 7) is 1.03. The Morgan fingerprint density at radius 3 is 2.10 bits per heavy atom. The lowest BCUT2D eigenvalue weighted by Gasteiger charge is -2.33. The van der Waals surface area contributed by atoms with E-state index in [1.807, 2.05) is 18.2 Å². The highest BCUT2D eigenvalue weighted by atomic mass is 35.5. The molecule has 11 heteroatoms. The van der Waals surface area contributed by atoms with Gasteiger partial charge < -0.3 is 15.0 Å². The molecule has 0 bridgehead atoms. The van der Waals surface area contributed by atoms with E-state index in [1.54, 1.807) is 61.5 Å². The summed E-state index contributed by atoms with van der Waals surface area (Å²) in [6.07, 6.45) is 6.01. The van der Waals surface area contributed by atoms with Crippen molar-refractivity contribution in [2.75, 3.05) is 17.1 Å². The maximum atomic E-state index is 13.9. The van der Waals surface area contributed by atoms with Crippen molar-refractivity contribution in [3.63, 3.8) is 0 Å². The molecule has 1 N–H and O–H groups in total. The molecule has 0 aliphatic heterocycles. The van der Waals surface area contributed by atoms with Crippen LogP contribution in [0.3, 0.4) is 0 Å². The van der Waals surface area contributed by atoms with Gasteiger partial charge >= 0.3 is 0 Å². The first-order chi connectivity index (χ1) is 20.0. The molecule has 1 atom stereocenters. The van der Waals surface area contributed by atoms with Crippen molar-refractivity contribution >= 4 is 50.7 Å². The van der Waals surface area contributed by atoms with Crippen molar-refractivity contribution in [3.05, 3.63) is 88.4 Å². The molecular formula is C31H35Cl2N3O5S. The fraction of sp³-hybridized carbons (Fsp3) is 0.355. The van der Waals surface area contributed by atoms with Gasteiger partial charge in [-0.05, 0) is 68.3 Å². The molecular weight excluding hydrogens is 597 g/mol. The number of hydrogen-bond donors (Lipinski definition) is 1. The van der Waals surface area contributed by atoms with Gasteiger partial charge in [-0.25, -0.2) is 8.42 Å². The van der Waals surface area contributed by atoms with E-state index in [9.17, 15) is 18.0 Å². The van der Waals surface area contributed by atoms with Crippen LogP contribution < -0.4 is 14.4 Å². The Labute approximate surface area is 257 Å². The van der Waals surface area contributed by atoms with Crippen molar-refractivity contribution in [2.45, 2.75) is 57.7 Å². The Balaban J connectivity index is 1.58. The van der Waals surface area contributed by atoms with Gasteiger partial charge in [-0.1, -0.05) is 66.7 Å². The third kappa shape index (κ3) is 8.40. The number of para-hydroxylation sites is 1. The number of nitrogens with one attached hydrogen (secondary N) is 1. The van der Waals surface area contributed by atoms with Crippen LogP contribution in [0.15, 0.2) is 72.8 Å². The molecule has 0 saturated heterocycles. The number of sulfonamides is 1. The summed E-state index contributed by atoms with van der Waals surface area (Å²) in [7, 11) is -3.88. The highest BCUT2D eigenvalue weighted by Crippen LogP contribution is 2.29. The van der Waals surface area contributed by atoms with E-state index in [0.29, 0.717) is 27.1 Å². The van der Waals surface area contributed by atoms with Gasteiger partial charge in [0, 0.05) is 28.2 Å². The average molecular weight is 633 g/mol. The topological polar surface area (TPSA) is 96.0 Å². The predicted octanol–water partition coefficient (Wildman–Crippen LogP) is 6.42. The van der Waals surface area contributed by atoms with Gasteiger partial charge in [-0.3, -0.25) is 13.9 Å². The summed E-state index contributed by atoms with van der Waals surface area (Å²) in [5.74, 6) is 0.251. The number of halogens is 2. The first kappa shape index (κ1) is 31.7. The molecule has 3 aromatic carbocycles. The van der Waals surface area contributed by atoms with E-state index in [4.69, 9.17) is 27.9 Å². The summed E-state index contributed by atoms with van der Waals surface area (Å²) in [6, 6.07) is 19.7. The zero-order chi connectivity index (χ0) is 30.3. The molecule has 8 nitrogen and oxygen atoms in total. The second-order valence-corrected chi connectivity index (χ2v) is 13.1. The summed E-state index contributed by atoms with van der Waals surface area (Å²) in [4.78, 5) is 28.5. The third-order valence-corrected chi connectivity index (χ3v) is 9.14. The van der Waals surface area contributed by atoms with E-state index < -0.39 is 28.5 Å². The SMILES string of the molecule is C[C@@H](C(=O)NC1CCCCC1)N(Cc1c(Cl)cccc1Cl)C(=O)CN(c1ccc(Oc2ccccc2)cc1)S(C)(=O)=O. The molecule has 0 unspecified atom stereocenters. The number of anilines is 1. The Bertz CT molecular complexity index is 1460. The van der Waals surface area contributed by atoms with Gasteiger partial charge in [0.25, 0.3) is 0 Å². The number of benzene rings is 3. The Kier molecular flexibility index (Phi) is 10.8. The van der Waals surface area contributed by atoms with Crippen LogP contribution in [0.25, 0.3) is 0 Å². The summed E-state index contributed by atoms with van der Waals surface area (Å²) < 4.78 is 32.6. The minimum atomic E-state index is -3.88. The van der Waals surface area contributed by atoms with E-state index in [0.717, 1.165) is 42.7 Å². The van der Waals surface area contributed by atoms with Crippen molar-refractivity contribution in [2.24, 2.45) is 0 Å². The predicted molar refractivity (Wildman–Crippen MR) is 167 cm³/mol. The summed E-state index contributed by atoms with van der Waals surface area (Å²) >= 11 is 12.8. The minimum Gasteiger partial charge on any atom is -0.457 e. The van der Waals surface area contributed by atoms with Crippen molar-refractivity contribution in [3.8, 4) is 11.5 Å². The van der Waals surface area contributed by atoms with Crippen LogP contribution in [-0.2, 0) is 26.2 Å². The Morgan fingerprint density at radius 1 is 0.905 bits per heavy atom. The molecule has 1 saturated carbocycles. The second kappa shape index (κ2) is 14.3. The van der Waals surface area contributed by atoms with E-state index >= 15 is 0 Å². The van der Waals surface area contributed by atoms with Crippen LogP contribution in [0.4, 0.5) is 5.69 Å². The number of carbonyl (C=O) groups excluding carboxylic acids is 2. The van der Waals surface area contributed by atoms with Crippen LogP contribution in [0.2, 0.25) is 10.0 Å². The van der Waals surface area contributed by atoms with Gasteiger partial charge in [0.15, 0.2) is 0 Å². The van der Waals surface area contributed by atoms with Gasteiger partial charge in [0.05, 0.1) is 11.9 Å². The zero-order valence-corrected chi connectivity index (χ0v) is 26.0. The van der Waals surface area contributed by atoms with Crippen molar-refractivity contribution < 1.29 is 22.7 Å². The zero-order valence-electron chi connectivity index (χ0n) is 23.6. The average Bonchev–Trinajstić information content (AvgIpc) is 2.96. The molecule has 224 valence electrons. The van der Waals surface area contributed by atoms with E-state index in [1.165, 1.54) is 4.90 Å². The normalized spacial score (nSPS) is 14.6. The standard InChI is InChI=1S/C31H35Cl2N3O5S/c1-22(31(38)34-23-10-5-3-6-11-23)35(20-27-28(32)14-9-15-29(27)33)30(37)21-36(42(2,39)40)24-16-18-26(19-17-24)41-25-12-7-4-8-13-25/h4,7-9,12-19,22-23H,3,5-6,10-11,20-21H2,1-2H3,(H,34,38)/t22-/m0/s1. The van der Waals surface area contributed by atoms with Crippen LogP contribution in [-0.4, -0.2) is 50.0 Å². The number of carbonyl (C=O) groups is 2. The first-order valence-electron chi connectivity index (χ1n) is 13.9. The number of nitrogens with zero attached hydrogens (tertiary/aromatic N) is 2. The fourth-order valence-corrected chi connectivity index (χ4v) is 6.29. The van der Waals surface area contributed by atoms with Crippen LogP contribution in [0, 0.1) is 0 Å².